The Hall–Kier alpha value is -2.43. The van der Waals surface area contributed by atoms with E-state index in [4.69, 9.17) is 5.73 Å². The summed E-state index contributed by atoms with van der Waals surface area (Å²) in [5, 5.41) is 5.41. The van der Waals surface area contributed by atoms with Gasteiger partial charge in [-0.3, -0.25) is 4.98 Å². The largest absolute Gasteiger partial charge is 0.397 e. The van der Waals surface area contributed by atoms with Crippen LogP contribution in [0.25, 0.3) is 22.4 Å². The standard InChI is InChI=1S/C13H13N5/c1-8-10(14)7-9-12(11-5-3-4-6-15-11)17-18(2)13(9)16-8/h3-7H,14H2,1-2H3. The first-order chi connectivity index (χ1) is 8.66. The molecule has 3 heterocycles. The number of nitrogens with zero attached hydrogens (tertiary/aromatic N) is 4. The first-order valence-corrected chi connectivity index (χ1v) is 5.68. The van der Waals surface area contributed by atoms with Gasteiger partial charge in [-0.25, -0.2) is 9.67 Å². The predicted molar refractivity (Wildman–Crippen MR) is 70.9 cm³/mol. The minimum atomic E-state index is 0.674. The zero-order valence-corrected chi connectivity index (χ0v) is 10.3. The van der Waals surface area contributed by atoms with E-state index in [-0.39, 0.29) is 0 Å². The van der Waals surface area contributed by atoms with Crippen LogP contribution >= 0.6 is 0 Å². The number of nitrogen functional groups attached to an aromatic ring is 1. The van der Waals surface area contributed by atoms with E-state index in [1.54, 1.807) is 10.9 Å². The average molecular weight is 239 g/mol. The molecule has 0 unspecified atom stereocenters. The summed E-state index contributed by atoms with van der Waals surface area (Å²) in [5.74, 6) is 0. The number of nitrogens with two attached hydrogens (primary N) is 1. The fourth-order valence-electron chi connectivity index (χ4n) is 1.97. The average Bonchev–Trinajstić information content (AvgIpc) is 2.69. The topological polar surface area (TPSA) is 69.6 Å². The molecule has 18 heavy (non-hydrogen) atoms. The van der Waals surface area contributed by atoms with E-state index < -0.39 is 0 Å². The molecule has 5 heteroatoms. The van der Waals surface area contributed by atoms with E-state index in [2.05, 4.69) is 15.1 Å². The lowest BCUT2D eigenvalue weighted by Gasteiger charge is -2.00. The minimum absolute atomic E-state index is 0.674. The number of fused-ring (bicyclic) bond motifs is 1. The maximum atomic E-state index is 5.92. The summed E-state index contributed by atoms with van der Waals surface area (Å²) in [4.78, 5) is 8.79. The number of hydrogen-bond acceptors (Lipinski definition) is 4. The summed E-state index contributed by atoms with van der Waals surface area (Å²) in [5.41, 5.74) is 9.87. The van der Waals surface area contributed by atoms with Crippen molar-refractivity contribution in [2.45, 2.75) is 6.92 Å². The second-order valence-corrected chi connectivity index (χ2v) is 4.22. The Labute approximate surface area is 104 Å². The monoisotopic (exact) mass is 239 g/mol. The van der Waals surface area contributed by atoms with Crippen LogP contribution < -0.4 is 5.73 Å². The van der Waals surface area contributed by atoms with Crippen molar-refractivity contribution >= 4 is 16.7 Å². The number of aromatic nitrogens is 4. The number of anilines is 1. The van der Waals surface area contributed by atoms with E-state index in [9.17, 15) is 0 Å². The lowest BCUT2D eigenvalue weighted by molar-refractivity contribution is 0.787. The molecule has 3 aromatic heterocycles. The molecule has 3 rings (SSSR count). The van der Waals surface area contributed by atoms with Gasteiger partial charge in [-0.1, -0.05) is 6.07 Å². The van der Waals surface area contributed by atoms with Crippen LogP contribution in [0.3, 0.4) is 0 Å². The van der Waals surface area contributed by atoms with Gasteiger partial charge in [0.05, 0.1) is 22.5 Å². The van der Waals surface area contributed by atoms with Crippen LogP contribution in [0.15, 0.2) is 30.5 Å². The highest BCUT2D eigenvalue weighted by molar-refractivity contribution is 5.92. The molecule has 5 nitrogen and oxygen atoms in total. The fourth-order valence-corrected chi connectivity index (χ4v) is 1.97. The molecule has 0 amide bonds. The van der Waals surface area contributed by atoms with Crippen molar-refractivity contribution < 1.29 is 0 Å². The quantitative estimate of drug-likeness (QED) is 0.704. The smallest absolute Gasteiger partial charge is 0.158 e. The van der Waals surface area contributed by atoms with E-state index >= 15 is 0 Å². The van der Waals surface area contributed by atoms with Gasteiger partial charge in [-0.15, -0.1) is 0 Å². The van der Waals surface area contributed by atoms with Crippen LogP contribution in [0.1, 0.15) is 5.69 Å². The molecule has 90 valence electrons. The third kappa shape index (κ3) is 1.52. The number of pyridine rings is 2. The molecule has 0 aliphatic heterocycles. The maximum Gasteiger partial charge on any atom is 0.158 e. The summed E-state index contributed by atoms with van der Waals surface area (Å²) in [6.45, 7) is 1.89. The van der Waals surface area contributed by atoms with Crippen molar-refractivity contribution in [3.05, 3.63) is 36.2 Å². The van der Waals surface area contributed by atoms with E-state index in [0.29, 0.717) is 5.69 Å². The molecule has 0 saturated carbocycles. The van der Waals surface area contributed by atoms with Gasteiger partial charge < -0.3 is 5.73 Å². The highest BCUT2D eigenvalue weighted by Gasteiger charge is 2.13. The number of rotatable bonds is 1. The SMILES string of the molecule is Cc1nc2c(cc1N)c(-c1ccccn1)nn2C. The van der Waals surface area contributed by atoms with Gasteiger partial charge in [0.15, 0.2) is 5.65 Å². The van der Waals surface area contributed by atoms with Crippen LogP contribution in [0.2, 0.25) is 0 Å². The Bertz CT molecular complexity index is 715. The Morgan fingerprint density at radius 1 is 1.28 bits per heavy atom. The van der Waals surface area contributed by atoms with Gasteiger partial charge in [0, 0.05) is 13.2 Å². The van der Waals surface area contributed by atoms with Crippen molar-refractivity contribution in [2.75, 3.05) is 5.73 Å². The van der Waals surface area contributed by atoms with Crippen molar-refractivity contribution in [1.29, 1.82) is 0 Å². The predicted octanol–water partition coefficient (Wildman–Crippen LogP) is 1.92. The molecule has 0 aliphatic carbocycles. The highest BCUT2D eigenvalue weighted by Crippen LogP contribution is 2.27. The molecule has 3 aromatic rings. The lowest BCUT2D eigenvalue weighted by atomic mass is 10.2. The van der Waals surface area contributed by atoms with Crippen molar-refractivity contribution in [3.8, 4) is 11.4 Å². The third-order valence-corrected chi connectivity index (χ3v) is 2.95. The van der Waals surface area contributed by atoms with Gasteiger partial charge in [-0.2, -0.15) is 5.10 Å². The molecule has 2 N–H and O–H groups in total. The van der Waals surface area contributed by atoms with Gasteiger partial charge in [-0.05, 0) is 25.1 Å². The number of hydrogen-bond donors (Lipinski definition) is 1. The van der Waals surface area contributed by atoms with E-state index in [0.717, 1.165) is 28.1 Å². The molecule has 0 aliphatic rings. The lowest BCUT2D eigenvalue weighted by Crippen LogP contribution is -1.96. The van der Waals surface area contributed by atoms with Crippen LogP contribution in [-0.4, -0.2) is 19.7 Å². The molecule has 0 fully saturated rings. The summed E-state index contributed by atoms with van der Waals surface area (Å²) in [7, 11) is 1.87. The van der Waals surface area contributed by atoms with Gasteiger partial charge in [0.25, 0.3) is 0 Å². The normalized spacial score (nSPS) is 11.0. The van der Waals surface area contributed by atoms with E-state index in [1.807, 2.05) is 38.2 Å². The van der Waals surface area contributed by atoms with Crippen LogP contribution in [0, 0.1) is 6.92 Å². The van der Waals surface area contributed by atoms with Gasteiger partial charge in [0.2, 0.25) is 0 Å². The minimum Gasteiger partial charge on any atom is -0.397 e. The molecule has 0 aromatic carbocycles. The zero-order chi connectivity index (χ0) is 12.7. The van der Waals surface area contributed by atoms with Crippen LogP contribution in [0.4, 0.5) is 5.69 Å². The summed E-state index contributed by atoms with van der Waals surface area (Å²) in [6, 6.07) is 7.66. The molecule has 0 saturated heterocycles. The first kappa shape index (κ1) is 10.7. The summed E-state index contributed by atoms with van der Waals surface area (Å²) >= 11 is 0. The molecular formula is C13H13N5. The van der Waals surface area contributed by atoms with Crippen molar-refractivity contribution in [2.24, 2.45) is 7.05 Å². The Kier molecular flexibility index (Phi) is 2.26. The molecule has 0 atom stereocenters. The number of aryl methyl sites for hydroxylation is 2. The van der Waals surface area contributed by atoms with Crippen molar-refractivity contribution in [1.82, 2.24) is 19.7 Å². The van der Waals surface area contributed by atoms with Gasteiger partial charge in [0.1, 0.15) is 5.69 Å². The molecule has 0 radical (unpaired) electrons. The second kappa shape index (κ2) is 3.80. The Morgan fingerprint density at radius 2 is 2.11 bits per heavy atom. The molecule has 0 bridgehead atoms. The molecular weight excluding hydrogens is 226 g/mol. The van der Waals surface area contributed by atoms with Crippen molar-refractivity contribution in [3.63, 3.8) is 0 Å². The van der Waals surface area contributed by atoms with Crippen LogP contribution in [0.5, 0.6) is 0 Å². The van der Waals surface area contributed by atoms with E-state index in [1.165, 1.54) is 0 Å². The Morgan fingerprint density at radius 3 is 2.83 bits per heavy atom. The second-order valence-electron chi connectivity index (χ2n) is 4.22. The molecule has 0 spiro atoms. The highest BCUT2D eigenvalue weighted by atomic mass is 15.3. The van der Waals surface area contributed by atoms with Gasteiger partial charge >= 0.3 is 0 Å². The van der Waals surface area contributed by atoms with Crippen LogP contribution in [-0.2, 0) is 7.05 Å². The summed E-state index contributed by atoms with van der Waals surface area (Å²) < 4.78 is 1.76. The first-order valence-electron chi connectivity index (χ1n) is 5.68. The fraction of sp³-hybridized carbons (Fsp3) is 0.154. The maximum absolute atomic E-state index is 5.92. The Balaban J connectivity index is 2.35. The third-order valence-electron chi connectivity index (χ3n) is 2.95. The zero-order valence-electron chi connectivity index (χ0n) is 10.3. The summed E-state index contributed by atoms with van der Waals surface area (Å²) in [6.07, 6.45) is 1.75.